The van der Waals surface area contributed by atoms with Gasteiger partial charge in [-0.3, -0.25) is 4.90 Å². The van der Waals surface area contributed by atoms with E-state index in [0.29, 0.717) is 5.95 Å². The van der Waals surface area contributed by atoms with Crippen LogP contribution in [0, 0.1) is 12.3 Å². The molecule has 0 aliphatic carbocycles. The largest absolute Gasteiger partial charge is 0.365 e. The van der Waals surface area contributed by atoms with Crippen molar-refractivity contribution in [3.8, 4) is 0 Å². The Hall–Kier alpha value is -2.92. The second-order valence-electron chi connectivity index (χ2n) is 11.0. The zero-order valence-corrected chi connectivity index (χ0v) is 21.2. The lowest BCUT2D eigenvalue weighted by atomic mass is 9.82. The molecule has 3 aromatic rings. The van der Waals surface area contributed by atoms with Crippen molar-refractivity contribution >= 4 is 17.5 Å². The molecule has 0 amide bonds. The van der Waals surface area contributed by atoms with E-state index in [4.69, 9.17) is 9.97 Å². The molecule has 5 nitrogen and oxygen atoms in total. The van der Waals surface area contributed by atoms with E-state index >= 15 is 0 Å². The summed E-state index contributed by atoms with van der Waals surface area (Å²) in [6.07, 6.45) is 1.02. The van der Waals surface area contributed by atoms with Crippen molar-refractivity contribution in [1.82, 2.24) is 14.9 Å². The van der Waals surface area contributed by atoms with Crippen molar-refractivity contribution < 1.29 is 0 Å². The second-order valence-corrected chi connectivity index (χ2v) is 11.0. The third-order valence-electron chi connectivity index (χ3n) is 5.25. The maximum absolute atomic E-state index is 4.83. The molecule has 2 aromatic carbocycles. The number of aryl methyl sites for hydroxylation is 1. The first-order chi connectivity index (χ1) is 15.5. The smallest absolute Gasteiger partial charge is 0.229 e. The molecular weight excluding hydrogens is 406 g/mol. The van der Waals surface area contributed by atoms with E-state index in [-0.39, 0.29) is 11.0 Å². The van der Waals surface area contributed by atoms with Gasteiger partial charge in [0.1, 0.15) is 5.82 Å². The summed E-state index contributed by atoms with van der Waals surface area (Å²) in [5.41, 5.74) is 4.59. The van der Waals surface area contributed by atoms with E-state index < -0.39 is 0 Å². The molecule has 176 valence electrons. The molecule has 33 heavy (non-hydrogen) atoms. The topological polar surface area (TPSA) is 53.1 Å². The molecule has 0 atom stereocenters. The van der Waals surface area contributed by atoms with Gasteiger partial charge in [0.25, 0.3) is 0 Å². The number of benzene rings is 2. The fourth-order valence-electron chi connectivity index (χ4n) is 4.41. The monoisotopic (exact) mass is 445 g/mol. The Balaban J connectivity index is 1.83. The predicted octanol–water partition coefficient (Wildman–Crippen LogP) is 6.79. The van der Waals surface area contributed by atoms with Gasteiger partial charge >= 0.3 is 0 Å². The Morgan fingerprint density at radius 1 is 0.848 bits per heavy atom. The van der Waals surface area contributed by atoms with Gasteiger partial charge in [-0.05, 0) is 57.4 Å². The van der Waals surface area contributed by atoms with Crippen molar-refractivity contribution in [3.63, 3.8) is 0 Å². The third kappa shape index (κ3) is 8.50. The Labute approximate surface area is 199 Å². The van der Waals surface area contributed by atoms with E-state index in [1.54, 1.807) is 0 Å². The SMILES string of the molecule is Cc1ccc(Nc2nc(CN(C)Cc3ccccc3)cc(NC(C)(C)CC(C)(C)C)n2)cc1. The van der Waals surface area contributed by atoms with Crippen LogP contribution in [0.2, 0.25) is 0 Å². The molecule has 5 heteroatoms. The molecule has 0 saturated heterocycles. The van der Waals surface area contributed by atoms with Crippen LogP contribution in [0.15, 0.2) is 60.7 Å². The summed E-state index contributed by atoms with van der Waals surface area (Å²) in [5, 5.41) is 7.05. The number of hydrogen-bond acceptors (Lipinski definition) is 5. The van der Waals surface area contributed by atoms with Gasteiger partial charge in [0.15, 0.2) is 0 Å². The first kappa shape index (κ1) is 24.7. The number of nitrogens with zero attached hydrogens (tertiary/aromatic N) is 3. The van der Waals surface area contributed by atoms with Crippen LogP contribution in [0.25, 0.3) is 0 Å². The lowest BCUT2D eigenvalue weighted by Crippen LogP contribution is -2.36. The zero-order valence-electron chi connectivity index (χ0n) is 21.2. The number of anilines is 3. The van der Waals surface area contributed by atoms with Crippen molar-refractivity contribution in [2.45, 2.75) is 66.6 Å². The highest BCUT2D eigenvalue weighted by atomic mass is 15.2. The fraction of sp³-hybridized carbons (Fsp3) is 0.429. The highest BCUT2D eigenvalue weighted by Gasteiger charge is 2.26. The Morgan fingerprint density at radius 3 is 2.15 bits per heavy atom. The van der Waals surface area contributed by atoms with Crippen molar-refractivity contribution in [2.75, 3.05) is 17.7 Å². The van der Waals surface area contributed by atoms with E-state index in [2.05, 4.69) is 119 Å². The van der Waals surface area contributed by atoms with Gasteiger partial charge in [-0.25, -0.2) is 4.98 Å². The normalized spacial score (nSPS) is 12.1. The maximum Gasteiger partial charge on any atom is 0.229 e. The quantitative estimate of drug-likeness (QED) is 0.380. The minimum atomic E-state index is -0.0963. The van der Waals surface area contributed by atoms with E-state index in [9.17, 15) is 0 Å². The summed E-state index contributed by atoms with van der Waals surface area (Å²) in [5.74, 6) is 1.45. The van der Waals surface area contributed by atoms with Crippen LogP contribution in [-0.2, 0) is 13.1 Å². The first-order valence-corrected chi connectivity index (χ1v) is 11.7. The molecule has 0 unspecified atom stereocenters. The molecule has 1 heterocycles. The Morgan fingerprint density at radius 2 is 1.52 bits per heavy atom. The van der Waals surface area contributed by atoms with Crippen LogP contribution in [0.3, 0.4) is 0 Å². The summed E-state index contributed by atoms with van der Waals surface area (Å²) in [6, 6.07) is 20.9. The van der Waals surface area contributed by atoms with Crippen LogP contribution in [0.4, 0.5) is 17.5 Å². The van der Waals surface area contributed by atoms with E-state index in [1.807, 2.05) is 6.07 Å². The van der Waals surface area contributed by atoms with Crippen molar-refractivity contribution in [2.24, 2.45) is 5.41 Å². The van der Waals surface area contributed by atoms with Gasteiger partial charge in [-0.1, -0.05) is 68.8 Å². The van der Waals surface area contributed by atoms with Gasteiger partial charge < -0.3 is 10.6 Å². The predicted molar refractivity (Wildman–Crippen MR) is 140 cm³/mol. The summed E-state index contributed by atoms with van der Waals surface area (Å²) in [6.45, 7) is 14.9. The first-order valence-electron chi connectivity index (χ1n) is 11.7. The molecule has 0 saturated carbocycles. The lowest BCUT2D eigenvalue weighted by molar-refractivity contribution is 0.301. The van der Waals surface area contributed by atoms with E-state index in [0.717, 1.165) is 36.7 Å². The number of nitrogens with one attached hydrogen (secondary N) is 2. The minimum Gasteiger partial charge on any atom is -0.365 e. The Kier molecular flexibility index (Phi) is 7.75. The zero-order chi connectivity index (χ0) is 24.1. The summed E-state index contributed by atoms with van der Waals surface area (Å²) in [7, 11) is 2.12. The minimum absolute atomic E-state index is 0.0963. The number of aromatic nitrogens is 2. The van der Waals surface area contributed by atoms with Gasteiger partial charge in [0, 0.05) is 30.4 Å². The standard InChI is InChI=1S/C28H39N5/c1-21-13-15-23(16-14-21)29-26-30-24(19-33(7)18-22-11-9-8-10-12-22)17-25(31-26)32-28(5,6)20-27(2,3)4/h8-17H,18-20H2,1-7H3,(H2,29,30,31,32). The summed E-state index contributed by atoms with van der Waals surface area (Å²) < 4.78 is 0. The maximum atomic E-state index is 4.83. The number of hydrogen-bond donors (Lipinski definition) is 2. The average molecular weight is 446 g/mol. The lowest BCUT2D eigenvalue weighted by Gasteiger charge is -2.34. The van der Waals surface area contributed by atoms with Crippen LogP contribution < -0.4 is 10.6 Å². The molecule has 2 N–H and O–H groups in total. The fourth-order valence-corrected chi connectivity index (χ4v) is 4.41. The van der Waals surface area contributed by atoms with Gasteiger partial charge in [-0.2, -0.15) is 4.98 Å². The van der Waals surface area contributed by atoms with Gasteiger partial charge in [0.2, 0.25) is 5.95 Å². The summed E-state index contributed by atoms with van der Waals surface area (Å²) in [4.78, 5) is 11.9. The molecule has 1 aromatic heterocycles. The van der Waals surface area contributed by atoms with Crippen molar-refractivity contribution in [1.29, 1.82) is 0 Å². The molecule has 0 aliphatic rings. The highest BCUT2D eigenvalue weighted by molar-refractivity contribution is 5.56. The summed E-state index contributed by atoms with van der Waals surface area (Å²) >= 11 is 0. The van der Waals surface area contributed by atoms with Crippen LogP contribution in [-0.4, -0.2) is 27.5 Å². The number of rotatable bonds is 9. The van der Waals surface area contributed by atoms with Gasteiger partial charge in [-0.15, -0.1) is 0 Å². The van der Waals surface area contributed by atoms with Crippen LogP contribution in [0.1, 0.15) is 57.9 Å². The Bertz CT molecular complexity index is 1020. The van der Waals surface area contributed by atoms with Crippen molar-refractivity contribution in [3.05, 3.63) is 77.5 Å². The molecule has 3 rings (SSSR count). The molecule has 0 fully saturated rings. The molecular formula is C28H39N5. The molecule has 0 aliphatic heterocycles. The van der Waals surface area contributed by atoms with Gasteiger partial charge in [0.05, 0.1) is 5.69 Å². The highest BCUT2D eigenvalue weighted by Crippen LogP contribution is 2.30. The second kappa shape index (κ2) is 10.3. The average Bonchev–Trinajstić information content (AvgIpc) is 2.68. The van der Waals surface area contributed by atoms with E-state index in [1.165, 1.54) is 11.1 Å². The third-order valence-corrected chi connectivity index (χ3v) is 5.25. The molecule has 0 spiro atoms. The molecule has 0 radical (unpaired) electrons. The molecule has 0 bridgehead atoms. The van der Waals surface area contributed by atoms with Crippen LogP contribution in [0.5, 0.6) is 0 Å². The van der Waals surface area contributed by atoms with Crippen LogP contribution >= 0.6 is 0 Å².